The molecule has 1 atom stereocenters. The van der Waals surface area contributed by atoms with Crippen molar-refractivity contribution in [2.45, 2.75) is 12.8 Å². The molecule has 144 valence electrons. The van der Waals surface area contributed by atoms with E-state index in [4.69, 9.17) is 4.42 Å². The van der Waals surface area contributed by atoms with Gasteiger partial charge in [-0.2, -0.15) is 0 Å². The highest BCUT2D eigenvalue weighted by Gasteiger charge is 2.34. The Balaban J connectivity index is 1.79. The van der Waals surface area contributed by atoms with Gasteiger partial charge in [0, 0.05) is 17.0 Å². The summed E-state index contributed by atoms with van der Waals surface area (Å²) < 4.78 is 5.78. The summed E-state index contributed by atoms with van der Waals surface area (Å²) in [6, 6.07) is 28.6. The van der Waals surface area contributed by atoms with Crippen molar-refractivity contribution in [2.75, 3.05) is 5.32 Å². The Morgan fingerprint density at radius 1 is 0.767 bits per heavy atom. The molecule has 2 heterocycles. The number of benzene rings is 4. The molecule has 0 radical (unpaired) electrons. The molecule has 0 saturated heterocycles. The molecule has 30 heavy (non-hydrogen) atoms. The van der Waals surface area contributed by atoms with Crippen molar-refractivity contribution in [1.29, 1.82) is 0 Å². The molecule has 6 rings (SSSR count). The summed E-state index contributed by atoms with van der Waals surface area (Å²) in [5.41, 5.74) is 6.26. The minimum atomic E-state index is -0.289. The normalized spacial score (nSPS) is 14.9. The van der Waals surface area contributed by atoms with Gasteiger partial charge in [0.25, 0.3) is 0 Å². The summed E-state index contributed by atoms with van der Waals surface area (Å²) in [4.78, 5) is 13.3. The average molecular weight is 389 g/mol. The molecule has 0 fully saturated rings. The lowest BCUT2D eigenvalue weighted by Crippen LogP contribution is -2.23. The Kier molecular flexibility index (Phi) is 3.59. The van der Waals surface area contributed by atoms with Crippen LogP contribution in [0.3, 0.4) is 0 Å². The highest BCUT2D eigenvalue weighted by atomic mass is 16.4. The molecule has 3 heteroatoms. The summed E-state index contributed by atoms with van der Waals surface area (Å²) in [7, 11) is 0. The molecule has 4 aromatic carbocycles. The molecule has 1 N–H and O–H groups in total. The van der Waals surface area contributed by atoms with Crippen molar-refractivity contribution in [3.63, 3.8) is 0 Å². The molecule has 1 unspecified atom stereocenters. The Bertz CT molecular complexity index is 1510. The number of rotatable bonds is 1. The number of para-hydroxylation sites is 1. The van der Waals surface area contributed by atoms with Gasteiger partial charge in [0.1, 0.15) is 5.58 Å². The third-order valence-electron chi connectivity index (χ3n) is 6.16. The fourth-order valence-corrected chi connectivity index (χ4v) is 4.78. The van der Waals surface area contributed by atoms with Crippen LogP contribution in [0.15, 0.2) is 94.1 Å². The highest BCUT2D eigenvalue weighted by Crippen LogP contribution is 2.48. The topological polar surface area (TPSA) is 42.2 Å². The second-order valence-electron chi connectivity index (χ2n) is 7.84. The third kappa shape index (κ3) is 2.35. The molecule has 0 spiro atoms. The molecule has 1 aliphatic heterocycles. The highest BCUT2D eigenvalue weighted by molar-refractivity contribution is 6.00. The predicted molar refractivity (Wildman–Crippen MR) is 122 cm³/mol. The largest absolute Gasteiger partial charge is 0.422 e. The van der Waals surface area contributed by atoms with E-state index in [0.717, 1.165) is 44.2 Å². The van der Waals surface area contributed by atoms with E-state index in [9.17, 15) is 4.79 Å². The fourth-order valence-electron chi connectivity index (χ4n) is 4.78. The quantitative estimate of drug-likeness (QED) is 0.327. The van der Waals surface area contributed by atoms with Crippen LogP contribution in [-0.4, -0.2) is 0 Å². The number of hydrogen-bond acceptors (Lipinski definition) is 3. The number of nitrogens with one attached hydrogen (secondary N) is 1. The lowest BCUT2D eigenvalue weighted by Gasteiger charge is -2.31. The zero-order chi connectivity index (χ0) is 20.2. The Morgan fingerprint density at radius 2 is 1.50 bits per heavy atom. The monoisotopic (exact) mass is 389 g/mol. The van der Waals surface area contributed by atoms with Crippen LogP contribution in [0.4, 0.5) is 11.4 Å². The molecule has 0 bridgehead atoms. The van der Waals surface area contributed by atoms with Crippen LogP contribution >= 0.6 is 0 Å². The van der Waals surface area contributed by atoms with Crippen molar-refractivity contribution >= 4 is 33.1 Å². The Morgan fingerprint density at radius 3 is 2.37 bits per heavy atom. The molecule has 1 aromatic heterocycles. The van der Waals surface area contributed by atoms with Gasteiger partial charge in [-0.05, 0) is 52.6 Å². The SMILES string of the molecule is Cc1ccccc1C1c2c(c3ccccc3oc2=O)Nc2ccc3ccccc3c21. The molecule has 0 saturated carbocycles. The van der Waals surface area contributed by atoms with Crippen LogP contribution in [0.2, 0.25) is 0 Å². The van der Waals surface area contributed by atoms with Gasteiger partial charge in [-0.25, -0.2) is 4.79 Å². The first kappa shape index (κ1) is 17.0. The van der Waals surface area contributed by atoms with Gasteiger partial charge in [0.05, 0.1) is 11.3 Å². The Hall–Kier alpha value is -3.85. The summed E-state index contributed by atoms with van der Waals surface area (Å²) in [5.74, 6) is -0.204. The summed E-state index contributed by atoms with van der Waals surface area (Å²) >= 11 is 0. The van der Waals surface area contributed by atoms with Crippen LogP contribution < -0.4 is 10.9 Å². The summed E-state index contributed by atoms with van der Waals surface area (Å²) in [6.45, 7) is 2.10. The Labute approximate surface area is 173 Å². The van der Waals surface area contributed by atoms with Crippen LogP contribution in [0.25, 0.3) is 21.7 Å². The minimum Gasteiger partial charge on any atom is -0.422 e. The molecule has 5 aromatic rings. The van der Waals surface area contributed by atoms with Crippen LogP contribution in [0.5, 0.6) is 0 Å². The fraction of sp³-hybridized carbons (Fsp3) is 0.0741. The number of anilines is 2. The lowest BCUT2D eigenvalue weighted by molar-refractivity contribution is 0.549. The maximum Gasteiger partial charge on any atom is 0.342 e. The van der Waals surface area contributed by atoms with Gasteiger partial charge >= 0.3 is 5.63 Å². The van der Waals surface area contributed by atoms with E-state index in [1.54, 1.807) is 0 Å². The van der Waals surface area contributed by atoms with E-state index in [1.807, 2.05) is 42.5 Å². The molecule has 0 aliphatic carbocycles. The van der Waals surface area contributed by atoms with Gasteiger partial charge in [0.2, 0.25) is 0 Å². The zero-order valence-electron chi connectivity index (χ0n) is 16.5. The standard InChI is InChI=1S/C27H19NO2/c1-16-8-2-4-10-18(16)24-23-19-11-5-3-9-17(19)14-15-21(23)28-26-20-12-6-7-13-22(20)30-27(29)25(24)26/h2-15,24,28H,1H3. The average Bonchev–Trinajstić information content (AvgIpc) is 2.78. The smallest absolute Gasteiger partial charge is 0.342 e. The lowest BCUT2D eigenvalue weighted by atomic mass is 9.78. The van der Waals surface area contributed by atoms with Gasteiger partial charge in [0.15, 0.2) is 0 Å². The van der Waals surface area contributed by atoms with Crippen molar-refractivity contribution in [2.24, 2.45) is 0 Å². The van der Waals surface area contributed by atoms with Gasteiger partial charge < -0.3 is 9.73 Å². The number of fused-ring (bicyclic) bond motifs is 6. The second kappa shape index (κ2) is 6.33. The van der Waals surface area contributed by atoms with E-state index in [-0.39, 0.29) is 11.5 Å². The van der Waals surface area contributed by atoms with Gasteiger partial charge in [-0.3, -0.25) is 0 Å². The molecular weight excluding hydrogens is 370 g/mol. The molecule has 3 nitrogen and oxygen atoms in total. The van der Waals surface area contributed by atoms with E-state index in [2.05, 4.69) is 54.7 Å². The summed E-state index contributed by atoms with van der Waals surface area (Å²) in [5, 5.41) is 6.80. The van der Waals surface area contributed by atoms with Crippen molar-refractivity contribution in [1.82, 2.24) is 0 Å². The van der Waals surface area contributed by atoms with E-state index in [0.29, 0.717) is 11.1 Å². The number of aryl methyl sites for hydroxylation is 1. The second-order valence-corrected chi connectivity index (χ2v) is 7.84. The van der Waals surface area contributed by atoms with E-state index in [1.165, 1.54) is 0 Å². The first-order chi connectivity index (χ1) is 14.7. The van der Waals surface area contributed by atoms with Crippen molar-refractivity contribution in [3.05, 3.63) is 118 Å². The van der Waals surface area contributed by atoms with E-state index < -0.39 is 0 Å². The van der Waals surface area contributed by atoms with E-state index >= 15 is 0 Å². The maximum atomic E-state index is 13.3. The minimum absolute atomic E-state index is 0.204. The first-order valence-corrected chi connectivity index (χ1v) is 10.1. The first-order valence-electron chi connectivity index (χ1n) is 10.1. The van der Waals surface area contributed by atoms with Crippen LogP contribution in [-0.2, 0) is 0 Å². The molecule has 0 amide bonds. The molecule has 1 aliphatic rings. The number of hydrogen-bond donors (Lipinski definition) is 1. The molecular formula is C27H19NO2. The van der Waals surface area contributed by atoms with Gasteiger partial charge in [-0.1, -0.05) is 66.7 Å². The zero-order valence-corrected chi connectivity index (χ0v) is 16.5. The maximum absolute atomic E-state index is 13.3. The third-order valence-corrected chi connectivity index (χ3v) is 6.16. The van der Waals surface area contributed by atoms with Gasteiger partial charge in [-0.15, -0.1) is 0 Å². The van der Waals surface area contributed by atoms with Crippen LogP contribution in [0.1, 0.15) is 28.2 Å². The van der Waals surface area contributed by atoms with Crippen molar-refractivity contribution < 1.29 is 4.42 Å². The predicted octanol–water partition coefficient (Wildman–Crippen LogP) is 6.49. The van der Waals surface area contributed by atoms with Crippen LogP contribution in [0, 0.1) is 6.92 Å². The van der Waals surface area contributed by atoms with Crippen molar-refractivity contribution in [3.8, 4) is 0 Å². The summed E-state index contributed by atoms with van der Waals surface area (Å²) in [6.07, 6.45) is 0.